The molecule has 0 radical (unpaired) electrons. The predicted molar refractivity (Wildman–Crippen MR) is 128 cm³/mol. The van der Waals surface area contributed by atoms with Crippen molar-refractivity contribution >= 4 is 17.9 Å². The van der Waals surface area contributed by atoms with E-state index in [0.29, 0.717) is 11.6 Å². The van der Waals surface area contributed by atoms with E-state index in [-0.39, 0.29) is 11.3 Å². The number of piperidine rings is 1. The quantitative estimate of drug-likeness (QED) is 0.484. The minimum atomic E-state index is -0.177. The Labute approximate surface area is 188 Å². The molecule has 2 fully saturated rings. The molecule has 0 spiro atoms. The van der Waals surface area contributed by atoms with Crippen LogP contribution in [0.5, 0.6) is 0 Å². The zero-order valence-electron chi connectivity index (χ0n) is 20.0. The van der Waals surface area contributed by atoms with Crippen molar-refractivity contribution in [1.82, 2.24) is 20.0 Å². The van der Waals surface area contributed by atoms with Gasteiger partial charge >= 0.3 is 0 Å². The van der Waals surface area contributed by atoms with E-state index in [9.17, 15) is 4.79 Å². The van der Waals surface area contributed by atoms with E-state index in [4.69, 9.17) is 5.10 Å². The Morgan fingerprint density at radius 3 is 2.48 bits per heavy atom. The monoisotopic (exact) mass is 430 g/mol. The van der Waals surface area contributed by atoms with Crippen molar-refractivity contribution in [3.05, 3.63) is 11.4 Å². The lowest BCUT2D eigenvalue weighted by Crippen LogP contribution is -2.32. The Hall–Kier alpha value is -1.89. The van der Waals surface area contributed by atoms with E-state index in [1.54, 1.807) is 11.0 Å². The van der Waals surface area contributed by atoms with Crippen LogP contribution in [-0.2, 0) is 12.5 Å². The second-order valence-electron chi connectivity index (χ2n) is 10.2. The highest BCUT2D eigenvalue weighted by molar-refractivity contribution is 6.01. The van der Waals surface area contributed by atoms with Gasteiger partial charge in [0.05, 0.1) is 24.3 Å². The number of aromatic nitrogens is 2. The van der Waals surface area contributed by atoms with Gasteiger partial charge in [-0.25, -0.2) is 0 Å². The normalized spacial score (nSPS) is 19.1. The van der Waals surface area contributed by atoms with Crippen LogP contribution in [0.2, 0.25) is 0 Å². The molecule has 1 aliphatic carbocycles. The first-order valence-corrected chi connectivity index (χ1v) is 12.2. The smallest absolute Gasteiger partial charge is 0.271 e. The van der Waals surface area contributed by atoms with Crippen molar-refractivity contribution in [3.63, 3.8) is 0 Å². The fourth-order valence-electron chi connectivity index (χ4n) is 4.72. The van der Waals surface area contributed by atoms with Gasteiger partial charge in [0.25, 0.3) is 5.91 Å². The first kappa shape index (κ1) is 23.8. The van der Waals surface area contributed by atoms with Gasteiger partial charge in [-0.1, -0.05) is 46.5 Å². The summed E-state index contributed by atoms with van der Waals surface area (Å²) in [6, 6.07) is 0. The second kappa shape index (κ2) is 11.1. The highest BCUT2D eigenvalue weighted by Crippen LogP contribution is 2.31. The number of carbonyl (C=O) groups is 1. The summed E-state index contributed by atoms with van der Waals surface area (Å²) in [6.45, 7) is 11.2. The van der Waals surface area contributed by atoms with Crippen molar-refractivity contribution in [1.29, 1.82) is 0 Å². The van der Waals surface area contributed by atoms with Crippen LogP contribution in [0.3, 0.4) is 0 Å². The summed E-state index contributed by atoms with van der Waals surface area (Å²) in [5, 5.41) is 11.2. The summed E-state index contributed by atoms with van der Waals surface area (Å²) in [5.74, 6) is 0.543. The summed E-state index contributed by atoms with van der Waals surface area (Å²) in [7, 11) is 1.85. The van der Waals surface area contributed by atoms with Gasteiger partial charge in [-0.2, -0.15) is 5.10 Å². The molecule has 0 unspecified atom stereocenters. The first-order chi connectivity index (χ1) is 14.9. The molecule has 1 saturated carbocycles. The number of nitrogens with one attached hydrogen (secondary N) is 2. The van der Waals surface area contributed by atoms with Crippen LogP contribution < -0.4 is 10.6 Å². The van der Waals surface area contributed by atoms with Crippen LogP contribution in [0.1, 0.15) is 88.3 Å². The summed E-state index contributed by atoms with van der Waals surface area (Å²) in [5.41, 5.74) is 2.07. The molecule has 1 saturated heterocycles. The largest absolute Gasteiger partial charge is 0.350 e. The summed E-state index contributed by atoms with van der Waals surface area (Å²) in [6.07, 6.45) is 12.0. The molecule has 0 aromatic carbocycles. The van der Waals surface area contributed by atoms with Crippen molar-refractivity contribution in [2.75, 3.05) is 38.0 Å². The fourth-order valence-corrected chi connectivity index (χ4v) is 4.72. The fraction of sp³-hybridized carbons (Fsp3) is 0.792. The van der Waals surface area contributed by atoms with E-state index in [1.165, 1.54) is 64.5 Å². The zero-order chi connectivity index (χ0) is 22.3. The molecular formula is C24H42N6O. The highest BCUT2D eigenvalue weighted by atomic mass is 16.2. The molecule has 0 bridgehead atoms. The van der Waals surface area contributed by atoms with Crippen molar-refractivity contribution in [2.24, 2.45) is 18.0 Å². The average Bonchev–Trinajstić information content (AvgIpc) is 3.10. The van der Waals surface area contributed by atoms with E-state index < -0.39 is 0 Å². The van der Waals surface area contributed by atoms with E-state index in [2.05, 4.69) is 41.3 Å². The molecule has 174 valence electrons. The lowest BCUT2D eigenvalue weighted by Gasteiger charge is -2.25. The molecule has 31 heavy (non-hydrogen) atoms. The van der Waals surface area contributed by atoms with Gasteiger partial charge in [0.15, 0.2) is 0 Å². The lowest BCUT2D eigenvalue weighted by atomic mass is 9.89. The third kappa shape index (κ3) is 6.79. The number of aryl methyl sites for hydroxylation is 1. The number of rotatable bonds is 8. The maximum atomic E-state index is 13.1. The summed E-state index contributed by atoms with van der Waals surface area (Å²) in [4.78, 5) is 20.1. The third-order valence-corrected chi connectivity index (χ3v) is 6.54. The minimum Gasteiger partial charge on any atom is -0.350 e. The molecule has 2 N–H and O–H groups in total. The standard InChI is InChI=1S/C24H42N6O/c1-24(2,3)22-20(27-18-25-13-16-30-14-9-6-10-15-30)21(29(4)28-22)23(31)26-17-19-11-7-5-8-12-19/h18-19H,5-17H2,1-4H3,(H,25,27)(H,26,31). The van der Waals surface area contributed by atoms with Crippen LogP contribution in [0.15, 0.2) is 4.99 Å². The molecule has 2 heterocycles. The Bertz CT molecular complexity index is 736. The number of carbonyl (C=O) groups excluding carboxylic acids is 1. The third-order valence-electron chi connectivity index (χ3n) is 6.54. The number of likely N-dealkylation sites (tertiary alicyclic amines) is 1. The number of hydrogen-bond acceptors (Lipinski definition) is 4. The van der Waals surface area contributed by atoms with Crippen LogP contribution in [0.4, 0.5) is 5.69 Å². The maximum Gasteiger partial charge on any atom is 0.271 e. The Kier molecular flexibility index (Phi) is 8.52. The zero-order valence-corrected chi connectivity index (χ0v) is 20.0. The number of amides is 1. The van der Waals surface area contributed by atoms with Crippen molar-refractivity contribution < 1.29 is 4.79 Å². The number of anilines is 1. The summed E-state index contributed by atoms with van der Waals surface area (Å²) >= 11 is 0. The van der Waals surface area contributed by atoms with Crippen LogP contribution in [0, 0.1) is 5.92 Å². The van der Waals surface area contributed by atoms with E-state index in [1.807, 2.05) is 7.05 Å². The number of aliphatic imine (C=N–C) groups is 1. The Morgan fingerprint density at radius 2 is 1.81 bits per heavy atom. The maximum absolute atomic E-state index is 13.1. The molecule has 1 aliphatic heterocycles. The molecule has 1 aromatic heterocycles. The Morgan fingerprint density at radius 1 is 1.13 bits per heavy atom. The van der Waals surface area contributed by atoms with Gasteiger partial charge < -0.3 is 15.5 Å². The van der Waals surface area contributed by atoms with E-state index in [0.717, 1.165) is 31.0 Å². The van der Waals surface area contributed by atoms with Gasteiger partial charge in [0.2, 0.25) is 0 Å². The number of nitrogens with zero attached hydrogens (tertiary/aromatic N) is 4. The SMILES string of the molecule is Cn1nc(C(C)(C)C)c(NC=NCCN2CCCCC2)c1C(=O)NCC1CCCCC1. The Balaban J connectivity index is 1.64. The molecular weight excluding hydrogens is 388 g/mol. The van der Waals surface area contributed by atoms with Crippen LogP contribution in [0.25, 0.3) is 0 Å². The molecule has 1 aromatic rings. The average molecular weight is 431 g/mol. The molecule has 1 amide bonds. The van der Waals surface area contributed by atoms with Gasteiger partial charge in [-0.15, -0.1) is 0 Å². The van der Waals surface area contributed by atoms with Crippen molar-refractivity contribution in [3.8, 4) is 0 Å². The number of hydrogen-bond donors (Lipinski definition) is 2. The molecule has 7 nitrogen and oxygen atoms in total. The van der Waals surface area contributed by atoms with Crippen LogP contribution >= 0.6 is 0 Å². The molecule has 3 rings (SSSR count). The van der Waals surface area contributed by atoms with Crippen LogP contribution in [-0.4, -0.2) is 59.6 Å². The predicted octanol–water partition coefficient (Wildman–Crippen LogP) is 3.95. The topological polar surface area (TPSA) is 74.5 Å². The highest BCUT2D eigenvalue weighted by Gasteiger charge is 2.29. The van der Waals surface area contributed by atoms with Gasteiger partial charge in [0.1, 0.15) is 5.69 Å². The van der Waals surface area contributed by atoms with Gasteiger partial charge in [0, 0.05) is 25.6 Å². The first-order valence-electron chi connectivity index (χ1n) is 12.2. The van der Waals surface area contributed by atoms with E-state index >= 15 is 0 Å². The molecule has 0 atom stereocenters. The van der Waals surface area contributed by atoms with Gasteiger partial charge in [-0.3, -0.25) is 14.5 Å². The van der Waals surface area contributed by atoms with Gasteiger partial charge in [-0.05, 0) is 44.7 Å². The molecule has 2 aliphatic rings. The molecule has 7 heteroatoms. The minimum absolute atomic E-state index is 0.0553. The summed E-state index contributed by atoms with van der Waals surface area (Å²) < 4.78 is 1.71. The van der Waals surface area contributed by atoms with Crippen molar-refractivity contribution in [2.45, 2.75) is 77.6 Å². The lowest BCUT2D eigenvalue weighted by molar-refractivity contribution is 0.0935. The second-order valence-corrected chi connectivity index (χ2v) is 10.2.